The summed E-state index contributed by atoms with van der Waals surface area (Å²) in [5.41, 5.74) is 4.30. The lowest BCUT2D eigenvalue weighted by Crippen LogP contribution is -2.17. The summed E-state index contributed by atoms with van der Waals surface area (Å²) in [5.74, 6) is 7.51. The van der Waals surface area contributed by atoms with Crippen molar-refractivity contribution in [3.05, 3.63) is 36.0 Å². The van der Waals surface area contributed by atoms with Gasteiger partial charge in [0, 0.05) is 11.5 Å². The van der Waals surface area contributed by atoms with E-state index in [4.69, 9.17) is 10.6 Å². The molecule has 1 aromatic carbocycles. The average molecular weight is 286 g/mol. The molecule has 1 heterocycles. The largest absolute Gasteiger partial charge is 0.493 e. The highest BCUT2D eigenvalue weighted by atomic mass is 16.5. The molecule has 2 rings (SSSR count). The summed E-state index contributed by atoms with van der Waals surface area (Å²) in [6.45, 7) is 8.86. The van der Waals surface area contributed by atoms with Crippen molar-refractivity contribution in [2.45, 2.75) is 33.1 Å². The van der Waals surface area contributed by atoms with Crippen molar-refractivity contribution in [2.24, 2.45) is 5.84 Å². The van der Waals surface area contributed by atoms with E-state index in [0.29, 0.717) is 18.2 Å². The van der Waals surface area contributed by atoms with Crippen LogP contribution in [0.1, 0.15) is 33.4 Å². The van der Waals surface area contributed by atoms with Gasteiger partial charge < -0.3 is 10.2 Å². The molecule has 0 bridgehead atoms. The Balaban J connectivity index is 2.58. The minimum absolute atomic E-state index is 0.0934. The van der Waals surface area contributed by atoms with Crippen molar-refractivity contribution in [3.8, 4) is 17.1 Å². The average Bonchev–Trinajstić information content (AvgIpc) is 2.47. The van der Waals surface area contributed by atoms with Crippen LogP contribution in [-0.2, 0) is 5.41 Å². The minimum atomic E-state index is -0.0934. The summed E-state index contributed by atoms with van der Waals surface area (Å²) in [5, 5.41) is 0. The number of nitrogen functional groups attached to an aromatic ring is 1. The van der Waals surface area contributed by atoms with Crippen LogP contribution in [0.2, 0.25) is 0 Å². The maximum atomic E-state index is 5.66. The van der Waals surface area contributed by atoms with E-state index in [1.807, 2.05) is 37.3 Å². The summed E-state index contributed by atoms with van der Waals surface area (Å²) in [6, 6.07) is 9.62. The smallest absolute Gasteiger partial charge is 0.165 e. The van der Waals surface area contributed by atoms with Gasteiger partial charge in [0.2, 0.25) is 0 Å². The molecule has 0 aliphatic rings. The van der Waals surface area contributed by atoms with Gasteiger partial charge in [-0.15, -0.1) is 0 Å². The fraction of sp³-hybridized carbons (Fsp3) is 0.375. The van der Waals surface area contributed by atoms with Crippen LogP contribution in [0, 0.1) is 0 Å². The van der Waals surface area contributed by atoms with E-state index in [0.717, 1.165) is 17.0 Å². The minimum Gasteiger partial charge on any atom is -0.493 e. The Kier molecular flexibility index (Phi) is 4.43. The summed E-state index contributed by atoms with van der Waals surface area (Å²) in [6.07, 6.45) is 0. The van der Waals surface area contributed by atoms with E-state index < -0.39 is 0 Å². The van der Waals surface area contributed by atoms with Crippen molar-refractivity contribution in [3.63, 3.8) is 0 Å². The van der Waals surface area contributed by atoms with Crippen molar-refractivity contribution < 1.29 is 4.74 Å². The first-order chi connectivity index (χ1) is 9.95. The number of nitrogens with zero attached hydrogens (tertiary/aromatic N) is 2. The first-order valence-corrected chi connectivity index (χ1v) is 7.04. The number of nitrogens with one attached hydrogen (secondary N) is 1. The molecule has 5 heteroatoms. The molecule has 21 heavy (non-hydrogen) atoms. The van der Waals surface area contributed by atoms with Crippen molar-refractivity contribution in [1.29, 1.82) is 0 Å². The van der Waals surface area contributed by atoms with Crippen molar-refractivity contribution in [2.75, 3.05) is 12.0 Å². The third-order valence-electron chi connectivity index (χ3n) is 3.07. The first-order valence-electron chi connectivity index (χ1n) is 7.04. The molecule has 0 amide bonds. The van der Waals surface area contributed by atoms with E-state index in [1.165, 1.54) is 0 Å². The SMILES string of the molecule is CCOc1ccccc1-c1nc(NN)cc(C(C)(C)C)n1. The van der Waals surface area contributed by atoms with Crippen LogP contribution < -0.4 is 16.0 Å². The van der Waals surface area contributed by atoms with E-state index in [-0.39, 0.29) is 5.41 Å². The zero-order valence-electron chi connectivity index (χ0n) is 13.0. The molecule has 0 fully saturated rings. The molecule has 0 unspecified atom stereocenters. The molecule has 0 aliphatic carbocycles. The van der Waals surface area contributed by atoms with Gasteiger partial charge in [-0.25, -0.2) is 15.8 Å². The standard InChI is InChI=1S/C16H22N4O/c1-5-21-12-9-7-6-8-11(12)15-18-13(16(2,3)4)10-14(19-15)20-17/h6-10H,5,17H2,1-4H3,(H,18,19,20). The number of anilines is 1. The summed E-state index contributed by atoms with van der Waals surface area (Å²) < 4.78 is 5.66. The number of nitrogens with two attached hydrogens (primary N) is 1. The molecule has 0 atom stereocenters. The normalized spacial score (nSPS) is 11.3. The van der Waals surface area contributed by atoms with Crippen LogP contribution in [0.15, 0.2) is 30.3 Å². The number of hydrogen-bond donors (Lipinski definition) is 2. The zero-order chi connectivity index (χ0) is 15.5. The van der Waals surface area contributed by atoms with Crippen LogP contribution in [0.5, 0.6) is 5.75 Å². The predicted molar refractivity (Wildman–Crippen MR) is 85.1 cm³/mol. The topological polar surface area (TPSA) is 73.1 Å². The molecule has 3 N–H and O–H groups in total. The van der Waals surface area contributed by atoms with E-state index in [2.05, 4.69) is 36.2 Å². The molecule has 5 nitrogen and oxygen atoms in total. The van der Waals surface area contributed by atoms with Crippen LogP contribution in [0.25, 0.3) is 11.4 Å². The molecule has 2 aromatic rings. The van der Waals surface area contributed by atoms with Crippen LogP contribution >= 0.6 is 0 Å². The van der Waals surface area contributed by atoms with Crippen molar-refractivity contribution in [1.82, 2.24) is 9.97 Å². The molecule has 0 radical (unpaired) electrons. The van der Waals surface area contributed by atoms with E-state index in [9.17, 15) is 0 Å². The second-order valence-corrected chi connectivity index (χ2v) is 5.79. The number of para-hydroxylation sites is 1. The lowest BCUT2D eigenvalue weighted by molar-refractivity contribution is 0.341. The fourth-order valence-electron chi connectivity index (χ4n) is 1.96. The maximum Gasteiger partial charge on any atom is 0.165 e. The Hall–Kier alpha value is -2.14. The molecular formula is C16H22N4O. The first kappa shape index (κ1) is 15.3. The zero-order valence-corrected chi connectivity index (χ0v) is 13.0. The van der Waals surface area contributed by atoms with Gasteiger partial charge >= 0.3 is 0 Å². The van der Waals surface area contributed by atoms with E-state index in [1.54, 1.807) is 0 Å². The molecule has 0 aliphatic heterocycles. The highest BCUT2D eigenvalue weighted by Gasteiger charge is 2.19. The van der Waals surface area contributed by atoms with Crippen LogP contribution in [0.4, 0.5) is 5.82 Å². The summed E-state index contributed by atoms with van der Waals surface area (Å²) in [7, 11) is 0. The van der Waals surface area contributed by atoms with Gasteiger partial charge in [-0.2, -0.15) is 0 Å². The van der Waals surface area contributed by atoms with E-state index >= 15 is 0 Å². The molecule has 1 aromatic heterocycles. The molecule has 0 saturated heterocycles. The van der Waals surface area contributed by atoms with Gasteiger partial charge in [-0.1, -0.05) is 32.9 Å². The number of rotatable bonds is 4. The molecule has 0 saturated carbocycles. The third kappa shape index (κ3) is 3.49. The van der Waals surface area contributed by atoms with Crippen molar-refractivity contribution >= 4 is 5.82 Å². The quantitative estimate of drug-likeness (QED) is 0.667. The third-order valence-corrected chi connectivity index (χ3v) is 3.07. The Morgan fingerprint density at radius 2 is 1.90 bits per heavy atom. The number of ether oxygens (including phenoxy) is 1. The van der Waals surface area contributed by atoms with Gasteiger partial charge in [-0.3, -0.25) is 0 Å². The summed E-state index contributed by atoms with van der Waals surface area (Å²) >= 11 is 0. The van der Waals surface area contributed by atoms with Gasteiger partial charge in [0.05, 0.1) is 17.9 Å². The van der Waals surface area contributed by atoms with Gasteiger partial charge in [-0.05, 0) is 19.1 Å². The molecule has 112 valence electrons. The second-order valence-electron chi connectivity index (χ2n) is 5.79. The Morgan fingerprint density at radius 3 is 2.52 bits per heavy atom. The number of hydrogen-bond acceptors (Lipinski definition) is 5. The monoisotopic (exact) mass is 286 g/mol. The summed E-state index contributed by atoms with van der Waals surface area (Å²) in [4.78, 5) is 9.13. The number of hydrazine groups is 1. The Morgan fingerprint density at radius 1 is 1.19 bits per heavy atom. The lowest BCUT2D eigenvalue weighted by Gasteiger charge is -2.19. The Bertz CT molecular complexity index is 620. The Labute approximate surface area is 125 Å². The predicted octanol–water partition coefficient (Wildman–Crippen LogP) is 3.13. The molecular weight excluding hydrogens is 264 g/mol. The highest BCUT2D eigenvalue weighted by Crippen LogP contribution is 2.30. The number of benzene rings is 1. The lowest BCUT2D eigenvalue weighted by atomic mass is 9.92. The molecule has 0 spiro atoms. The second kappa shape index (κ2) is 6.10. The fourth-order valence-corrected chi connectivity index (χ4v) is 1.96. The van der Waals surface area contributed by atoms with Gasteiger partial charge in [0.1, 0.15) is 11.6 Å². The van der Waals surface area contributed by atoms with Gasteiger partial charge in [0.25, 0.3) is 0 Å². The highest BCUT2D eigenvalue weighted by molar-refractivity contribution is 5.65. The van der Waals surface area contributed by atoms with Crippen LogP contribution in [-0.4, -0.2) is 16.6 Å². The van der Waals surface area contributed by atoms with Gasteiger partial charge in [0.15, 0.2) is 5.82 Å². The maximum absolute atomic E-state index is 5.66. The number of aromatic nitrogens is 2. The van der Waals surface area contributed by atoms with Crippen LogP contribution in [0.3, 0.4) is 0 Å².